The van der Waals surface area contributed by atoms with Crippen molar-refractivity contribution in [3.63, 3.8) is 0 Å². The maximum atomic E-state index is 6.20. The average molecular weight is 2170 g/mol. The normalized spacial score (nSPS) is 14.7. The van der Waals surface area contributed by atoms with E-state index in [1.54, 1.807) is 37.3 Å². The molecule has 4 aliphatic rings. The van der Waals surface area contributed by atoms with E-state index in [1.165, 1.54) is 95.3 Å². The van der Waals surface area contributed by atoms with E-state index in [0.717, 1.165) is 104 Å². The molecule has 0 saturated carbocycles. The molecule has 0 atom stereocenters. The summed E-state index contributed by atoms with van der Waals surface area (Å²) in [5.41, 5.74) is 9.95. The number of rotatable bonds is 19. The van der Waals surface area contributed by atoms with E-state index in [1.807, 2.05) is 76.5 Å². The van der Waals surface area contributed by atoms with Crippen LogP contribution in [0.5, 0.6) is 23.0 Å². The predicted octanol–water partition coefficient (Wildman–Crippen LogP) is 7.21. The number of thioether (sulfide) groups is 1. The van der Waals surface area contributed by atoms with Crippen LogP contribution in [0.2, 0.25) is 5.02 Å². The molecule has 0 bridgehead atoms. The molecule has 0 spiro atoms. The van der Waals surface area contributed by atoms with Gasteiger partial charge in [-0.2, -0.15) is 9.13 Å². The summed E-state index contributed by atoms with van der Waals surface area (Å²) in [5, 5.41) is 5.89. The van der Waals surface area contributed by atoms with Crippen molar-refractivity contribution >= 4 is 195 Å². The van der Waals surface area contributed by atoms with Crippen LogP contribution in [-0.2, 0) is 26.2 Å². The SMILES string of the molecule is CCN1/C(=C/C=C/c2sc3ccccc3[n+]2CC)[Se]c2ccc(Cl)cc21.CCN1/C(=C/C=C/c2sc3ccccc3[n+]2CC)[Se]c2ccc(OC)cc21.CCN1C(=CC(=Cc2sc3ccccc3[n+]2CC)SC)Oc2ccccc21.CCN1C(=CC=Cc2sc3ccccc3[n+]2CC)Oc2ccc(OC)cc21.[I-].[I-].[I-].[I-]. The van der Waals surface area contributed by atoms with Gasteiger partial charge in [-0.3, -0.25) is 0 Å². The molecule has 0 N–H and O–H groups in total. The van der Waals surface area contributed by atoms with Crippen LogP contribution in [0.4, 0.5) is 22.7 Å². The second kappa shape index (κ2) is 42.7. The van der Waals surface area contributed by atoms with E-state index in [0.29, 0.717) is 29.9 Å². The molecule has 4 aliphatic heterocycles. The van der Waals surface area contributed by atoms with Crippen LogP contribution in [0.25, 0.3) is 65.2 Å². The minimum Gasteiger partial charge on any atom is -1.00 e. The first-order valence-electron chi connectivity index (χ1n) is 36.3. The summed E-state index contributed by atoms with van der Waals surface area (Å²) in [6.45, 7) is 25.0. The predicted molar refractivity (Wildman–Crippen MR) is 460 cm³/mol. The van der Waals surface area contributed by atoms with E-state index < -0.39 is 0 Å². The summed E-state index contributed by atoms with van der Waals surface area (Å²) in [7, 11) is 3.41. The zero-order valence-corrected chi connectivity index (χ0v) is 80.6. The molecule has 8 aromatic carbocycles. The van der Waals surface area contributed by atoms with Crippen molar-refractivity contribution in [2.75, 3.05) is 66.3 Å². The average Bonchev–Trinajstić information content (AvgIpc) is 1.67. The van der Waals surface area contributed by atoms with E-state index in [2.05, 4.69) is 300 Å². The third-order valence-corrected chi connectivity index (χ3v) is 28.7. The van der Waals surface area contributed by atoms with Crippen molar-refractivity contribution in [2.45, 2.75) is 81.6 Å². The molecule has 0 unspecified atom stereocenters. The van der Waals surface area contributed by atoms with Crippen molar-refractivity contribution in [1.29, 1.82) is 0 Å². The Bertz CT molecular complexity index is 5330. The molecule has 8 heterocycles. The van der Waals surface area contributed by atoms with Crippen LogP contribution in [-0.4, -0.2) is 76.6 Å². The number of aryl methyl sites for hydroxylation is 4. The van der Waals surface area contributed by atoms with Gasteiger partial charge in [-0.25, -0.2) is 0 Å². The molecule has 0 amide bonds. The third kappa shape index (κ3) is 20.2. The Morgan fingerprint density at radius 2 is 0.802 bits per heavy atom. The van der Waals surface area contributed by atoms with Crippen molar-refractivity contribution in [1.82, 2.24) is 0 Å². The number of hydrogen-bond donors (Lipinski definition) is 0. The number of nitrogens with zero attached hydrogens (tertiary/aromatic N) is 8. The Hall–Kier alpha value is -5.76. The molecule has 4 aromatic heterocycles. The summed E-state index contributed by atoms with van der Waals surface area (Å²) in [6.07, 6.45) is 26.2. The number of thiazole rings is 4. The van der Waals surface area contributed by atoms with Gasteiger partial charge in [0.05, 0.1) is 18.5 Å². The van der Waals surface area contributed by atoms with E-state index in [-0.39, 0.29) is 95.9 Å². The van der Waals surface area contributed by atoms with Gasteiger partial charge in [0, 0.05) is 54.4 Å². The second-order valence-electron chi connectivity index (χ2n) is 24.6. The number of benzene rings is 8. The number of anilines is 4. The number of halogens is 5. The summed E-state index contributed by atoms with van der Waals surface area (Å²) >= 11 is 15.9. The number of methoxy groups -OCH3 is 2. The summed E-state index contributed by atoms with van der Waals surface area (Å²) < 4.78 is 43.3. The minimum atomic E-state index is 0. The summed E-state index contributed by atoms with van der Waals surface area (Å²) in [4.78, 5) is 10.3. The Morgan fingerprint density at radius 1 is 0.423 bits per heavy atom. The Labute approximate surface area is 759 Å². The number of fused-ring (bicyclic) bond motifs is 8. The molecule has 111 heavy (non-hydrogen) atoms. The minimum absolute atomic E-state index is 0. The Kier molecular flexibility index (Phi) is 34.3. The molecule has 16 rings (SSSR count). The van der Waals surface area contributed by atoms with Gasteiger partial charge in [-0.05, 0) is 82.5 Å². The number of para-hydroxylation sites is 6. The van der Waals surface area contributed by atoms with Crippen LogP contribution in [0.3, 0.4) is 0 Å². The van der Waals surface area contributed by atoms with Gasteiger partial charge in [0.25, 0.3) is 10.0 Å². The maximum absolute atomic E-state index is 6.20. The van der Waals surface area contributed by atoms with Gasteiger partial charge in [-0.15, -0.1) is 11.8 Å². The Morgan fingerprint density at radius 3 is 1.26 bits per heavy atom. The first-order valence-corrected chi connectivity index (χ1v) is 44.6. The molecule has 24 heteroatoms. The van der Waals surface area contributed by atoms with Crippen LogP contribution in [0.1, 0.15) is 75.4 Å². The van der Waals surface area contributed by atoms with Gasteiger partial charge >= 0.3 is 341 Å². The van der Waals surface area contributed by atoms with Gasteiger partial charge in [0.15, 0.2) is 11.5 Å². The summed E-state index contributed by atoms with van der Waals surface area (Å²) in [6, 6.07) is 61.1. The fourth-order valence-corrected chi connectivity index (χ4v) is 23.3. The molecular formula is C87H89ClI4N8O4S5Se2. The maximum Gasteiger partial charge on any atom is 0.263 e. The van der Waals surface area contributed by atoms with E-state index in [9.17, 15) is 0 Å². The number of ether oxygens (including phenoxy) is 4. The van der Waals surface area contributed by atoms with Gasteiger partial charge in [-0.1, -0.05) is 59.1 Å². The molecule has 578 valence electrons. The van der Waals surface area contributed by atoms with E-state index >= 15 is 0 Å². The van der Waals surface area contributed by atoms with Crippen LogP contribution < -0.4 is 162 Å². The molecule has 0 aliphatic carbocycles. The summed E-state index contributed by atoms with van der Waals surface area (Å²) in [5.74, 6) is 5.28. The molecular weight excluding hydrogens is 2080 g/mol. The molecule has 0 saturated heterocycles. The fourth-order valence-electron chi connectivity index (χ4n) is 13.4. The van der Waals surface area contributed by atoms with Crippen LogP contribution >= 0.6 is 68.7 Å². The topological polar surface area (TPSA) is 65.4 Å². The van der Waals surface area contributed by atoms with Gasteiger partial charge < -0.3 is 120 Å². The van der Waals surface area contributed by atoms with Crippen LogP contribution in [0, 0.1) is 0 Å². The van der Waals surface area contributed by atoms with Crippen molar-refractivity contribution in [3.8, 4) is 23.0 Å². The number of aromatic nitrogens is 4. The zero-order valence-electron chi connectivity index (χ0n) is 63.7. The standard InChI is InChI=1S/C22H23N2O2S.C22H23N2OS2.C22H23N2OSSe.C21H20ClN2SSe.4HI/c1-4-23-18-15-16(25-3)13-14-19(18)26-21(23)11-8-12-22-24(5-2)17-9-6-7-10-20(17)27-22;1-4-23-17-10-6-8-12-19(17)25-21(23)14-16(26-3)15-22-24(5-2)18-11-7-9-13-20(18)27-22;1-4-23-17-9-6-7-10-19(17)26-21(23)11-8-12-22-24(5-2)18-15-16(25-3)13-14-20(18)27-22;1-3-23-16-8-5-6-9-18(16)25-20(23)10-7-11-21-24(4-2)17-14-15(22)12-13-19(17)26-21;;;;/h3*6-15H,4-5H2,1-3H3;5-14H,3-4H2,1-2H3;4*1H/q4*+1;;;;/p-4. The molecule has 12 aromatic rings. The monoisotopic (exact) mass is 2170 g/mol. The Balaban J connectivity index is 0.000000168. The quantitative estimate of drug-likeness (QED) is 0.0476. The smallest absolute Gasteiger partial charge is 0.263 e. The number of allylic oxidation sites excluding steroid dienone is 7. The first-order chi connectivity index (χ1) is 52.4. The largest absolute Gasteiger partial charge is 1.00 e. The van der Waals surface area contributed by atoms with Crippen molar-refractivity contribution < 1.29 is 133 Å². The van der Waals surface area contributed by atoms with Crippen molar-refractivity contribution in [2.24, 2.45) is 0 Å². The van der Waals surface area contributed by atoms with Gasteiger partial charge in [0.1, 0.15) is 28.2 Å². The van der Waals surface area contributed by atoms with Crippen molar-refractivity contribution in [3.05, 3.63) is 269 Å². The molecule has 0 fully saturated rings. The zero-order chi connectivity index (χ0) is 74.5. The molecule has 12 nitrogen and oxygen atoms in total. The van der Waals surface area contributed by atoms with Crippen LogP contribution in [0.15, 0.2) is 244 Å². The van der Waals surface area contributed by atoms with Gasteiger partial charge in [0.2, 0.25) is 22.8 Å². The second-order valence-corrected chi connectivity index (χ2v) is 34.6. The number of hydrogen-bond acceptors (Lipinski definition) is 13. The third-order valence-electron chi connectivity index (χ3n) is 18.5. The molecule has 0 radical (unpaired) electrons. The van der Waals surface area contributed by atoms with E-state index in [4.69, 9.17) is 30.5 Å². The fraction of sp³-hybridized carbons (Fsp3) is 0.218. The first kappa shape index (κ1) is 89.2.